The molecule has 0 bridgehead atoms. The van der Waals surface area contributed by atoms with Gasteiger partial charge in [0.05, 0.1) is 5.54 Å². The van der Waals surface area contributed by atoms with Crippen molar-refractivity contribution < 1.29 is 4.79 Å². The fourth-order valence-electron chi connectivity index (χ4n) is 2.38. The molecular weight excluding hydrogens is 236 g/mol. The highest BCUT2D eigenvalue weighted by molar-refractivity contribution is 5.77. The van der Waals surface area contributed by atoms with Crippen LogP contribution in [0.1, 0.15) is 37.8 Å². The van der Waals surface area contributed by atoms with E-state index in [9.17, 15) is 4.79 Å². The van der Waals surface area contributed by atoms with E-state index in [0.717, 1.165) is 25.2 Å². The molecule has 1 aromatic carbocycles. The fourth-order valence-corrected chi connectivity index (χ4v) is 2.38. The molecule has 0 unspecified atom stereocenters. The van der Waals surface area contributed by atoms with E-state index in [1.807, 2.05) is 6.07 Å². The number of hydrogen-bond donors (Lipinski definition) is 1. The van der Waals surface area contributed by atoms with Gasteiger partial charge in [0.25, 0.3) is 0 Å². The van der Waals surface area contributed by atoms with Gasteiger partial charge in [-0.2, -0.15) is 0 Å². The summed E-state index contributed by atoms with van der Waals surface area (Å²) in [6.07, 6.45) is 1.87. The Morgan fingerprint density at radius 3 is 2.68 bits per heavy atom. The molecule has 1 amide bonds. The van der Waals surface area contributed by atoms with E-state index in [4.69, 9.17) is 0 Å². The van der Waals surface area contributed by atoms with Crippen LogP contribution in [0.3, 0.4) is 0 Å². The van der Waals surface area contributed by atoms with Gasteiger partial charge in [0.15, 0.2) is 0 Å². The maximum Gasteiger partial charge on any atom is 0.221 e. The lowest BCUT2D eigenvalue weighted by Gasteiger charge is -2.31. The van der Waals surface area contributed by atoms with Crippen LogP contribution in [0.15, 0.2) is 24.3 Å². The summed E-state index contributed by atoms with van der Waals surface area (Å²) in [6, 6.07) is 8.32. The highest BCUT2D eigenvalue weighted by Gasteiger charge is 2.23. The number of nitrogens with zero attached hydrogens (tertiary/aromatic N) is 1. The lowest BCUT2D eigenvalue weighted by Crippen LogP contribution is -2.44. The zero-order chi connectivity index (χ0) is 13.9. The van der Waals surface area contributed by atoms with Crippen LogP contribution in [0.5, 0.6) is 0 Å². The Hall–Kier alpha value is -1.35. The van der Waals surface area contributed by atoms with E-state index in [-0.39, 0.29) is 11.4 Å². The summed E-state index contributed by atoms with van der Waals surface area (Å²) < 4.78 is 0. The van der Waals surface area contributed by atoms with Crippen molar-refractivity contribution in [1.29, 1.82) is 0 Å². The lowest BCUT2D eigenvalue weighted by atomic mass is 9.93. The number of carbonyl (C=O) groups excluding carboxylic acids is 1. The molecule has 104 valence electrons. The summed E-state index contributed by atoms with van der Waals surface area (Å²) in [4.78, 5) is 14.3. The van der Waals surface area contributed by atoms with Gasteiger partial charge in [-0.1, -0.05) is 29.8 Å². The van der Waals surface area contributed by atoms with Crippen molar-refractivity contribution in [3.63, 3.8) is 0 Å². The summed E-state index contributed by atoms with van der Waals surface area (Å²) >= 11 is 0. The zero-order valence-corrected chi connectivity index (χ0v) is 12.2. The van der Waals surface area contributed by atoms with Crippen molar-refractivity contribution in [2.75, 3.05) is 19.6 Å². The molecule has 1 saturated heterocycles. The molecule has 1 N–H and O–H groups in total. The van der Waals surface area contributed by atoms with Crippen LogP contribution in [-0.2, 0) is 10.3 Å². The molecule has 1 aromatic rings. The molecule has 0 aromatic heterocycles. The minimum atomic E-state index is -0.307. The van der Waals surface area contributed by atoms with Crippen molar-refractivity contribution in [3.05, 3.63) is 35.4 Å². The Labute approximate surface area is 116 Å². The first-order chi connectivity index (χ1) is 8.97. The number of likely N-dealkylation sites (tertiary alicyclic amines) is 1. The first-order valence-electron chi connectivity index (χ1n) is 7.08. The molecule has 1 aliphatic rings. The smallest absolute Gasteiger partial charge is 0.221 e. The molecule has 1 fully saturated rings. The average molecular weight is 260 g/mol. The van der Waals surface area contributed by atoms with Gasteiger partial charge in [-0.05, 0) is 45.8 Å². The second-order valence-electron chi connectivity index (χ2n) is 5.99. The predicted octanol–water partition coefficient (Wildman–Crippen LogP) is 2.44. The van der Waals surface area contributed by atoms with Gasteiger partial charge in [-0.15, -0.1) is 0 Å². The Bertz CT molecular complexity index is 450. The minimum absolute atomic E-state index is 0.137. The highest BCUT2D eigenvalue weighted by Crippen LogP contribution is 2.21. The normalized spacial score (nSPS) is 15.9. The van der Waals surface area contributed by atoms with Crippen molar-refractivity contribution in [2.45, 2.75) is 39.2 Å². The van der Waals surface area contributed by atoms with Crippen LogP contribution >= 0.6 is 0 Å². The minimum Gasteiger partial charge on any atom is -0.347 e. The van der Waals surface area contributed by atoms with Gasteiger partial charge in [0.1, 0.15) is 0 Å². The Morgan fingerprint density at radius 1 is 1.37 bits per heavy atom. The number of benzene rings is 1. The van der Waals surface area contributed by atoms with Crippen LogP contribution < -0.4 is 5.32 Å². The maximum atomic E-state index is 12.0. The van der Waals surface area contributed by atoms with Crippen molar-refractivity contribution in [3.8, 4) is 0 Å². The molecule has 1 heterocycles. The molecule has 0 radical (unpaired) electrons. The Balaban J connectivity index is 1.90. The zero-order valence-electron chi connectivity index (χ0n) is 12.2. The predicted molar refractivity (Wildman–Crippen MR) is 78.0 cm³/mol. The van der Waals surface area contributed by atoms with E-state index >= 15 is 0 Å². The van der Waals surface area contributed by atoms with Crippen LogP contribution in [-0.4, -0.2) is 30.4 Å². The largest absolute Gasteiger partial charge is 0.347 e. The SMILES string of the molecule is Cc1cccc(C(C)(C)NC(=O)CCN2CCC2)c1. The molecule has 1 aliphatic heterocycles. The Kier molecular flexibility index (Phi) is 4.25. The molecule has 19 heavy (non-hydrogen) atoms. The van der Waals surface area contributed by atoms with Crippen LogP contribution in [0.25, 0.3) is 0 Å². The molecule has 3 nitrogen and oxygen atoms in total. The van der Waals surface area contributed by atoms with Crippen LogP contribution in [0, 0.1) is 6.92 Å². The fraction of sp³-hybridized carbons (Fsp3) is 0.562. The number of carbonyl (C=O) groups is 1. The van der Waals surface area contributed by atoms with E-state index in [1.54, 1.807) is 0 Å². The third-order valence-corrected chi connectivity index (χ3v) is 3.80. The summed E-state index contributed by atoms with van der Waals surface area (Å²) in [5, 5.41) is 3.14. The standard InChI is InChI=1S/C16H24N2O/c1-13-6-4-7-14(12-13)16(2,3)17-15(19)8-11-18-9-5-10-18/h4,6-7,12H,5,8-11H2,1-3H3,(H,17,19). The summed E-state index contributed by atoms with van der Waals surface area (Å²) in [5.41, 5.74) is 2.07. The van der Waals surface area contributed by atoms with Gasteiger partial charge in [0.2, 0.25) is 5.91 Å². The maximum absolute atomic E-state index is 12.0. The second kappa shape index (κ2) is 5.74. The number of hydrogen-bond acceptors (Lipinski definition) is 2. The second-order valence-corrected chi connectivity index (χ2v) is 5.99. The molecule has 0 spiro atoms. The molecule has 0 aliphatic carbocycles. The quantitative estimate of drug-likeness (QED) is 0.882. The topological polar surface area (TPSA) is 32.3 Å². The van der Waals surface area contributed by atoms with E-state index in [0.29, 0.717) is 6.42 Å². The summed E-state index contributed by atoms with van der Waals surface area (Å²) in [6.45, 7) is 9.37. The molecule has 0 atom stereocenters. The lowest BCUT2D eigenvalue weighted by molar-refractivity contribution is -0.123. The van der Waals surface area contributed by atoms with Gasteiger partial charge in [0, 0.05) is 13.0 Å². The molecular formula is C16H24N2O. The van der Waals surface area contributed by atoms with E-state index in [1.165, 1.54) is 12.0 Å². The van der Waals surface area contributed by atoms with Crippen molar-refractivity contribution in [2.24, 2.45) is 0 Å². The number of aryl methyl sites for hydroxylation is 1. The summed E-state index contributed by atoms with van der Waals surface area (Å²) in [5.74, 6) is 0.137. The number of nitrogens with one attached hydrogen (secondary N) is 1. The summed E-state index contributed by atoms with van der Waals surface area (Å²) in [7, 11) is 0. The highest BCUT2D eigenvalue weighted by atomic mass is 16.1. The average Bonchev–Trinajstić information content (AvgIpc) is 2.26. The van der Waals surface area contributed by atoms with Gasteiger partial charge in [-0.25, -0.2) is 0 Å². The third-order valence-electron chi connectivity index (χ3n) is 3.80. The monoisotopic (exact) mass is 260 g/mol. The molecule has 2 rings (SSSR count). The van der Waals surface area contributed by atoms with Gasteiger partial charge < -0.3 is 10.2 Å². The van der Waals surface area contributed by atoms with E-state index < -0.39 is 0 Å². The van der Waals surface area contributed by atoms with Crippen molar-refractivity contribution in [1.82, 2.24) is 10.2 Å². The molecule has 0 saturated carbocycles. The van der Waals surface area contributed by atoms with Gasteiger partial charge >= 0.3 is 0 Å². The first-order valence-corrected chi connectivity index (χ1v) is 7.08. The van der Waals surface area contributed by atoms with Crippen LogP contribution in [0.4, 0.5) is 0 Å². The van der Waals surface area contributed by atoms with Gasteiger partial charge in [-0.3, -0.25) is 4.79 Å². The van der Waals surface area contributed by atoms with Crippen LogP contribution in [0.2, 0.25) is 0 Å². The van der Waals surface area contributed by atoms with Crippen molar-refractivity contribution >= 4 is 5.91 Å². The van der Waals surface area contributed by atoms with E-state index in [2.05, 4.69) is 49.2 Å². The Morgan fingerprint density at radius 2 is 2.11 bits per heavy atom. The first kappa shape index (κ1) is 14.1. The number of rotatable bonds is 5. The number of amides is 1. The molecule has 3 heteroatoms. The third kappa shape index (κ3) is 3.80.